The second-order valence-electron chi connectivity index (χ2n) is 4.80. The smallest absolute Gasteiger partial charge is 0.247 e. The number of nitrogens with zero attached hydrogens (tertiary/aromatic N) is 1. The fourth-order valence-corrected chi connectivity index (χ4v) is 3.84. The maximum atomic E-state index is 12.8. The third kappa shape index (κ3) is 4.09. The number of methoxy groups -OCH3 is 2. The van der Waals surface area contributed by atoms with Gasteiger partial charge in [0.2, 0.25) is 10.0 Å². The Morgan fingerprint density at radius 1 is 1.24 bits per heavy atom. The minimum Gasteiger partial charge on any atom is -0.497 e. The normalized spacial score (nSPS) is 12.0. The summed E-state index contributed by atoms with van der Waals surface area (Å²) in [6.45, 7) is 3.77. The number of hydrogen-bond acceptors (Lipinski definition) is 5. The van der Waals surface area contributed by atoms with E-state index in [0.717, 1.165) is 0 Å². The fraction of sp³-hybridized carbons (Fsp3) is 0.571. The summed E-state index contributed by atoms with van der Waals surface area (Å²) in [5, 5.41) is 8.95. The predicted octanol–water partition coefficient (Wildman–Crippen LogP) is 1.49. The first-order chi connectivity index (χ1) is 9.88. The second-order valence-corrected chi connectivity index (χ2v) is 6.66. The highest BCUT2D eigenvalue weighted by Crippen LogP contribution is 2.31. The molecule has 0 fully saturated rings. The first-order valence-electron chi connectivity index (χ1n) is 6.73. The van der Waals surface area contributed by atoms with E-state index in [1.54, 1.807) is 26.0 Å². The van der Waals surface area contributed by atoms with Gasteiger partial charge in [0.1, 0.15) is 16.4 Å². The molecule has 1 rings (SSSR count). The molecule has 0 heterocycles. The van der Waals surface area contributed by atoms with Gasteiger partial charge in [-0.25, -0.2) is 8.42 Å². The molecule has 1 aromatic rings. The van der Waals surface area contributed by atoms with Crippen LogP contribution in [0.3, 0.4) is 0 Å². The Morgan fingerprint density at radius 2 is 1.90 bits per heavy atom. The Bertz CT molecular complexity index is 556. The van der Waals surface area contributed by atoms with E-state index in [1.807, 2.05) is 0 Å². The van der Waals surface area contributed by atoms with Crippen LogP contribution in [0.25, 0.3) is 0 Å². The predicted molar refractivity (Wildman–Crippen MR) is 80.3 cm³/mol. The summed E-state index contributed by atoms with van der Waals surface area (Å²) in [6, 6.07) is 4.43. The van der Waals surface area contributed by atoms with Crippen molar-refractivity contribution in [2.24, 2.45) is 0 Å². The van der Waals surface area contributed by atoms with Gasteiger partial charge in [0.05, 0.1) is 14.2 Å². The molecule has 120 valence electrons. The number of sulfonamides is 1. The zero-order chi connectivity index (χ0) is 16.0. The number of hydrogen-bond donors (Lipinski definition) is 1. The first kappa shape index (κ1) is 17.7. The summed E-state index contributed by atoms with van der Waals surface area (Å²) in [6.07, 6.45) is 0.379. The van der Waals surface area contributed by atoms with Crippen LogP contribution in [-0.4, -0.2) is 51.2 Å². The molecule has 0 unspecified atom stereocenters. The Morgan fingerprint density at radius 3 is 2.38 bits per heavy atom. The largest absolute Gasteiger partial charge is 0.497 e. The molecule has 0 radical (unpaired) electrons. The van der Waals surface area contributed by atoms with Gasteiger partial charge in [-0.15, -0.1) is 0 Å². The number of ether oxygens (including phenoxy) is 2. The van der Waals surface area contributed by atoms with Gasteiger partial charge in [0.15, 0.2) is 0 Å². The monoisotopic (exact) mass is 317 g/mol. The average molecular weight is 317 g/mol. The molecule has 0 saturated carbocycles. The molecular formula is C14H23NO5S. The van der Waals surface area contributed by atoms with Crippen LogP contribution in [0.4, 0.5) is 0 Å². The van der Waals surface area contributed by atoms with Crippen molar-refractivity contribution < 1.29 is 23.0 Å². The van der Waals surface area contributed by atoms with Crippen molar-refractivity contribution in [1.29, 1.82) is 0 Å². The van der Waals surface area contributed by atoms with E-state index < -0.39 is 10.0 Å². The zero-order valence-electron chi connectivity index (χ0n) is 12.9. The van der Waals surface area contributed by atoms with Crippen LogP contribution in [0.2, 0.25) is 0 Å². The molecule has 0 amide bonds. The van der Waals surface area contributed by atoms with Gasteiger partial charge >= 0.3 is 0 Å². The average Bonchev–Trinajstić information content (AvgIpc) is 2.46. The van der Waals surface area contributed by atoms with Gasteiger partial charge in [0, 0.05) is 25.3 Å². The summed E-state index contributed by atoms with van der Waals surface area (Å²) >= 11 is 0. The third-order valence-corrected chi connectivity index (χ3v) is 5.17. The highest BCUT2D eigenvalue weighted by Gasteiger charge is 2.29. The van der Waals surface area contributed by atoms with E-state index in [2.05, 4.69) is 0 Å². The molecule has 0 aliphatic carbocycles. The first-order valence-corrected chi connectivity index (χ1v) is 8.17. The molecule has 0 aliphatic rings. The maximum Gasteiger partial charge on any atom is 0.247 e. The van der Waals surface area contributed by atoms with Gasteiger partial charge in [-0.1, -0.05) is 0 Å². The lowest BCUT2D eigenvalue weighted by Crippen LogP contribution is -2.38. The number of rotatable bonds is 8. The number of aliphatic hydroxyl groups is 1. The summed E-state index contributed by atoms with van der Waals surface area (Å²) in [5.41, 5.74) is 0. The summed E-state index contributed by atoms with van der Waals surface area (Å²) < 4.78 is 37.3. The molecule has 1 N–H and O–H groups in total. The topological polar surface area (TPSA) is 76.1 Å². The van der Waals surface area contributed by atoms with Crippen molar-refractivity contribution in [3.05, 3.63) is 18.2 Å². The summed E-state index contributed by atoms with van der Waals surface area (Å²) in [7, 11) is -0.829. The quantitative estimate of drug-likeness (QED) is 0.786. The van der Waals surface area contributed by atoms with Gasteiger partial charge < -0.3 is 14.6 Å². The molecule has 0 spiro atoms. The Labute approximate surface area is 126 Å². The van der Waals surface area contributed by atoms with Crippen LogP contribution < -0.4 is 9.47 Å². The Balaban J connectivity index is 3.32. The van der Waals surface area contributed by atoms with E-state index in [0.29, 0.717) is 12.2 Å². The molecule has 0 saturated heterocycles. The van der Waals surface area contributed by atoms with Crippen LogP contribution in [0, 0.1) is 0 Å². The van der Waals surface area contributed by atoms with Crippen LogP contribution in [0.5, 0.6) is 11.5 Å². The fourth-order valence-electron chi connectivity index (χ4n) is 1.99. The second kappa shape index (κ2) is 7.63. The maximum absolute atomic E-state index is 12.8. The van der Waals surface area contributed by atoms with Crippen LogP contribution in [0.15, 0.2) is 23.1 Å². The van der Waals surface area contributed by atoms with E-state index in [9.17, 15) is 8.42 Å². The van der Waals surface area contributed by atoms with Crippen molar-refractivity contribution in [3.8, 4) is 11.5 Å². The summed E-state index contributed by atoms with van der Waals surface area (Å²) in [4.78, 5) is 0.0657. The van der Waals surface area contributed by atoms with Crippen molar-refractivity contribution in [3.63, 3.8) is 0 Å². The molecule has 0 aliphatic heterocycles. The SMILES string of the molecule is COc1ccc(OC)c(S(=O)(=O)N(CCCO)C(C)C)c1. The van der Waals surface area contributed by atoms with E-state index in [-0.39, 0.29) is 29.8 Å². The molecular weight excluding hydrogens is 294 g/mol. The van der Waals surface area contributed by atoms with Crippen molar-refractivity contribution in [1.82, 2.24) is 4.31 Å². The van der Waals surface area contributed by atoms with E-state index in [1.165, 1.54) is 24.6 Å². The number of aliphatic hydroxyl groups excluding tert-OH is 1. The Hall–Kier alpha value is -1.31. The molecule has 0 aromatic heterocycles. The van der Waals surface area contributed by atoms with E-state index in [4.69, 9.17) is 14.6 Å². The van der Waals surface area contributed by atoms with Gasteiger partial charge in [-0.2, -0.15) is 4.31 Å². The molecule has 0 bridgehead atoms. The van der Waals surface area contributed by atoms with Crippen LogP contribution in [0.1, 0.15) is 20.3 Å². The van der Waals surface area contributed by atoms with E-state index >= 15 is 0 Å². The van der Waals surface area contributed by atoms with Crippen molar-refractivity contribution in [2.75, 3.05) is 27.4 Å². The molecule has 0 atom stereocenters. The number of benzene rings is 1. The highest BCUT2D eigenvalue weighted by atomic mass is 32.2. The van der Waals surface area contributed by atoms with Crippen LogP contribution >= 0.6 is 0 Å². The van der Waals surface area contributed by atoms with Crippen molar-refractivity contribution in [2.45, 2.75) is 31.2 Å². The van der Waals surface area contributed by atoms with Crippen LogP contribution in [-0.2, 0) is 10.0 Å². The Kier molecular flexibility index (Phi) is 6.44. The van der Waals surface area contributed by atoms with Gasteiger partial charge in [-0.05, 0) is 32.4 Å². The zero-order valence-corrected chi connectivity index (χ0v) is 13.7. The van der Waals surface area contributed by atoms with Gasteiger partial charge in [-0.3, -0.25) is 0 Å². The molecule has 1 aromatic carbocycles. The standard InChI is InChI=1S/C14H23NO5S/c1-11(2)15(8-5-9-16)21(17,18)14-10-12(19-3)6-7-13(14)20-4/h6-7,10-11,16H,5,8-9H2,1-4H3. The lowest BCUT2D eigenvalue weighted by Gasteiger charge is -2.26. The lowest BCUT2D eigenvalue weighted by molar-refractivity contribution is 0.258. The molecule has 7 heteroatoms. The van der Waals surface area contributed by atoms with Crippen molar-refractivity contribution >= 4 is 10.0 Å². The van der Waals surface area contributed by atoms with Gasteiger partial charge in [0.25, 0.3) is 0 Å². The lowest BCUT2D eigenvalue weighted by atomic mass is 10.3. The third-order valence-electron chi connectivity index (χ3n) is 3.07. The molecule has 21 heavy (non-hydrogen) atoms. The molecule has 6 nitrogen and oxygen atoms in total. The minimum absolute atomic E-state index is 0.0615. The highest BCUT2D eigenvalue weighted by molar-refractivity contribution is 7.89. The summed E-state index contributed by atoms with van der Waals surface area (Å²) in [5.74, 6) is 0.714. The minimum atomic E-state index is -3.73.